The molecule has 216 valence electrons. The molecule has 2 amide bonds. The number of hydrogen-bond donors (Lipinski definition) is 7. The molecule has 0 aromatic carbocycles. The van der Waals surface area contributed by atoms with Gasteiger partial charge < -0.3 is 38.1 Å². The average Bonchev–Trinajstić information content (AvgIpc) is 3.47. The van der Waals surface area contributed by atoms with E-state index < -0.39 is 34.9 Å². The lowest BCUT2D eigenvalue weighted by atomic mass is 10.0. The Morgan fingerprint density at radius 2 is 2.02 bits per heavy atom. The third-order valence-corrected chi connectivity index (χ3v) is 11.3. The number of oxime groups is 1. The Morgan fingerprint density at radius 3 is 2.65 bits per heavy atom. The minimum atomic E-state index is -1.27. The predicted octanol–water partition coefficient (Wildman–Crippen LogP) is 1.06. The number of nitrogens with two attached hydrogens (primary N) is 3. The lowest BCUT2D eigenvalue weighted by Gasteiger charge is -2.49. The molecule has 0 bridgehead atoms. The zero-order valence-electron chi connectivity index (χ0n) is 20.5. The number of carboxylic acid groups (broad SMARTS) is 1. The Kier molecular flexibility index (Phi) is 10.4. The van der Waals surface area contributed by atoms with Crippen molar-refractivity contribution in [3.05, 3.63) is 26.3 Å². The van der Waals surface area contributed by atoms with E-state index in [1.54, 1.807) is 11.8 Å². The van der Waals surface area contributed by atoms with Crippen molar-refractivity contribution in [2.45, 2.75) is 21.4 Å². The number of thiazole rings is 2. The highest BCUT2D eigenvalue weighted by atomic mass is 35.5. The van der Waals surface area contributed by atoms with E-state index in [0.717, 1.165) is 31.9 Å². The largest absolute Gasteiger partial charge is 0.477 e. The van der Waals surface area contributed by atoms with Gasteiger partial charge in [0.25, 0.3) is 11.8 Å². The summed E-state index contributed by atoms with van der Waals surface area (Å²) >= 11 is 12.5. The number of aromatic nitrogens is 2. The second kappa shape index (κ2) is 13.6. The Hall–Kier alpha value is -2.26. The fraction of sp³-hybridized carbons (Fsp3) is 0.400. The van der Waals surface area contributed by atoms with Crippen molar-refractivity contribution in [3.8, 4) is 0 Å². The van der Waals surface area contributed by atoms with Gasteiger partial charge in [-0.05, 0) is 0 Å². The minimum absolute atomic E-state index is 0.0389. The Labute approximate surface area is 253 Å². The summed E-state index contributed by atoms with van der Waals surface area (Å²) in [5, 5.41) is 28.1. The van der Waals surface area contributed by atoms with Crippen molar-refractivity contribution in [1.82, 2.24) is 20.2 Å². The van der Waals surface area contributed by atoms with Crippen molar-refractivity contribution in [3.63, 3.8) is 0 Å². The third-order valence-electron chi connectivity index (χ3n) is 5.36. The van der Waals surface area contributed by atoms with E-state index >= 15 is 0 Å². The summed E-state index contributed by atoms with van der Waals surface area (Å²) in [7, 11) is 0. The summed E-state index contributed by atoms with van der Waals surface area (Å²) in [6, 6.07) is -1.05. The first-order chi connectivity index (χ1) is 19.2. The van der Waals surface area contributed by atoms with Crippen LogP contribution in [0.4, 0.5) is 10.3 Å². The molecular formula is C20H24ClN9O5S5. The molecule has 40 heavy (non-hydrogen) atoms. The number of nitrogens with one attached hydrogen (secondary N) is 2. The fourth-order valence-electron chi connectivity index (χ4n) is 3.67. The summed E-state index contributed by atoms with van der Waals surface area (Å²) < 4.78 is 0.843. The van der Waals surface area contributed by atoms with Crippen LogP contribution >= 0.6 is 69.6 Å². The summed E-state index contributed by atoms with van der Waals surface area (Å²) in [5.41, 5.74) is 16.8. The van der Waals surface area contributed by atoms with Crippen LogP contribution in [0.5, 0.6) is 0 Å². The number of hydrogen-bond acceptors (Lipinski definition) is 16. The monoisotopic (exact) mass is 665 g/mol. The second-order valence-corrected chi connectivity index (χ2v) is 14.2. The van der Waals surface area contributed by atoms with Gasteiger partial charge in [0, 0.05) is 41.8 Å². The van der Waals surface area contributed by atoms with Gasteiger partial charge in [-0.25, -0.2) is 14.8 Å². The first-order valence-corrected chi connectivity index (χ1v) is 16.5. The van der Waals surface area contributed by atoms with Gasteiger partial charge in [-0.3, -0.25) is 14.5 Å². The number of carbonyl (C=O) groups is 3. The zero-order valence-corrected chi connectivity index (χ0v) is 25.3. The van der Waals surface area contributed by atoms with Crippen LogP contribution < -0.4 is 27.8 Å². The lowest BCUT2D eigenvalue weighted by molar-refractivity contribution is -0.150. The molecule has 0 spiro atoms. The number of thioether (sulfide) groups is 3. The van der Waals surface area contributed by atoms with E-state index in [1.165, 1.54) is 34.9 Å². The summed E-state index contributed by atoms with van der Waals surface area (Å²) in [5.74, 6) is -1.17. The van der Waals surface area contributed by atoms with Gasteiger partial charge in [0.1, 0.15) is 27.1 Å². The molecule has 1 saturated heterocycles. The van der Waals surface area contributed by atoms with Crippen LogP contribution in [0.25, 0.3) is 0 Å². The Balaban J connectivity index is 1.53. The molecule has 2 aliphatic heterocycles. The number of β-lactam (4-membered cyclic amide) rings is 1. The van der Waals surface area contributed by atoms with E-state index in [1.807, 2.05) is 0 Å². The zero-order chi connectivity index (χ0) is 29.0. The van der Waals surface area contributed by atoms with Gasteiger partial charge in [0.2, 0.25) is 0 Å². The van der Waals surface area contributed by atoms with E-state index in [9.17, 15) is 24.7 Å². The number of nitrogens with zero attached hydrogens (tertiary/aromatic N) is 4. The number of rotatable bonds is 13. The van der Waals surface area contributed by atoms with Crippen LogP contribution in [-0.4, -0.2) is 91.2 Å². The van der Waals surface area contributed by atoms with Crippen LogP contribution in [0, 0.1) is 0 Å². The van der Waals surface area contributed by atoms with E-state index in [0.29, 0.717) is 35.4 Å². The first kappa shape index (κ1) is 30.7. The van der Waals surface area contributed by atoms with Gasteiger partial charge in [0.15, 0.2) is 16.0 Å². The molecule has 0 unspecified atom stereocenters. The highest BCUT2D eigenvalue weighted by Crippen LogP contribution is 2.47. The number of carboxylic acids is 1. The maximum Gasteiger partial charge on any atom is 0.353 e. The highest BCUT2D eigenvalue weighted by molar-refractivity contribution is 8.07. The molecule has 14 nitrogen and oxygen atoms in total. The van der Waals surface area contributed by atoms with E-state index in [2.05, 4.69) is 25.8 Å². The maximum absolute atomic E-state index is 13.1. The van der Waals surface area contributed by atoms with Crippen LogP contribution in [0.3, 0.4) is 0 Å². The van der Waals surface area contributed by atoms with Gasteiger partial charge in [-0.2, -0.15) is 11.8 Å². The van der Waals surface area contributed by atoms with Crippen molar-refractivity contribution in [2.75, 3.05) is 42.2 Å². The van der Waals surface area contributed by atoms with Crippen LogP contribution in [0.15, 0.2) is 20.0 Å². The molecule has 2 atom stereocenters. The molecule has 4 heterocycles. The molecule has 2 aromatic rings. The minimum Gasteiger partial charge on any atom is -0.477 e. The molecule has 2 aromatic heterocycles. The number of aliphatic carboxylic acids is 1. The van der Waals surface area contributed by atoms with Crippen molar-refractivity contribution in [2.24, 2.45) is 16.6 Å². The molecular weight excluding hydrogens is 642 g/mol. The normalized spacial score (nSPS) is 18.9. The molecule has 0 aliphatic carbocycles. The smallest absolute Gasteiger partial charge is 0.353 e. The predicted molar refractivity (Wildman–Crippen MR) is 160 cm³/mol. The van der Waals surface area contributed by atoms with Crippen molar-refractivity contribution in [1.29, 1.82) is 0 Å². The number of nitrogen functional groups attached to an aromatic ring is 1. The van der Waals surface area contributed by atoms with Gasteiger partial charge in [0.05, 0.1) is 9.90 Å². The van der Waals surface area contributed by atoms with Crippen LogP contribution in [0.1, 0.15) is 11.4 Å². The van der Waals surface area contributed by atoms with E-state index in [4.69, 9.17) is 28.8 Å². The van der Waals surface area contributed by atoms with Gasteiger partial charge >= 0.3 is 5.97 Å². The summed E-state index contributed by atoms with van der Waals surface area (Å²) in [6.07, 6.45) is 0. The number of anilines is 2. The number of carbonyl (C=O) groups excluding carboxylic acids is 2. The lowest BCUT2D eigenvalue weighted by Crippen LogP contribution is -2.71. The van der Waals surface area contributed by atoms with Gasteiger partial charge in [-0.1, -0.05) is 51.2 Å². The summed E-state index contributed by atoms with van der Waals surface area (Å²) in [6.45, 7) is 1.48. The maximum atomic E-state index is 13.1. The molecule has 1 fully saturated rings. The van der Waals surface area contributed by atoms with Crippen molar-refractivity contribution >= 4 is 103 Å². The molecule has 4 rings (SSSR count). The number of amides is 2. The molecule has 10 N–H and O–H groups in total. The second-order valence-electron chi connectivity index (χ2n) is 7.97. The number of fused-ring (bicyclic) bond motifs is 1. The Bertz CT molecular complexity index is 1370. The Morgan fingerprint density at radius 1 is 1.25 bits per heavy atom. The van der Waals surface area contributed by atoms with Crippen molar-refractivity contribution < 1.29 is 24.7 Å². The van der Waals surface area contributed by atoms with Crippen LogP contribution in [-0.2, 0) is 20.1 Å². The van der Waals surface area contributed by atoms with E-state index in [-0.39, 0.29) is 26.6 Å². The summed E-state index contributed by atoms with van der Waals surface area (Å²) in [4.78, 5) is 48.4. The van der Waals surface area contributed by atoms with Gasteiger partial charge in [-0.15, -0.1) is 11.8 Å². The molecule has 0 radical (unpaired) electrons. The van der Waals surface area contributed by atoms with Crippen LogP contribution in [0.2, 0.25) is 4.34 Å². The molecule has 0 saturated carbocycles. The topological polar surface area (TPSA) is 235 Å². The first-order valence-electron chi connectivity index (χ1n) is 11.5. The third kappa shape index (κ3) is 6.46. The number of halogens is 1. The standard InChI is InChI=1S/C20H24ClN9O5S5/c21-13-9(28-19(24)39-13)10(29-35)14(31)27-11-15(32)30-12(17(33)34)8(6-37-16(11)30)38-18-7(5-36-4-2-23)26-20(40-18)25-3-1-22/h11,16,35H,1-6,22-23H2,(H2,24,28)(H,25,26)(H,27,31)(H,33,34)/b29-10-/t11-,16-/m1/s1. The molecule has 2 aliphatic rings. The highest BCUT2D eigenvalue weighted by Gasteiger charge is 2.54. The quantitative estimate of drug-likeness (QED) is 0.0521. The fourth-order valence-corrected chi connectivity index (χ4v) is 9.32. The SMILES string of the molecule is NCCNc1nc(CSCCN)c(SC2=C(C(=O)O)N3C(=O)[C@@H](NC(=O)/C(=N\O)c4nc(N)sc4Cl)[C@H]3SC2)s1. The average molecular weight is 666 g/mol. The molecule has 20 heteroatoms.